The summed E-state index contributed by atoms with van der Waals surface area (Å²) in [6.07, 6.45) is 1.07. The van der Waals surface area contributed by atoms with Crippen LogP contribution < -0.4 is 5.32 Å². The average molecular weight is 265 g/mol. The minimum Gasteiger partial charge on any atom is -0.380 e. The van der Waals surface area contributed by atoms with Gasteiger partial charge in [-0.15, -0.1) is 0 Å². The van der Waals surface area contributed by atoms with Gasteiger partial charge >= 0.3 is 0 Å². The Labute approximate surface area is 112 Å². The Balaban J connectivity index is 1.75. The summed E-state index contributed by atoms with van der Waals surface area (Å²) in [6, 6.07) is 4.50. The van der Waals surface area contributed by atoms with E-state index in [1.54, 1.807) is 6.07 Å². The lowest BCUT2D eigenvalue weighted by molar-refractivity contribution is 0.132. The molecular formula is C14H20FN3O. The number of rotatable bonds is 7. The summed E-state index contributed by atoms with van der Waals surface area (Å²) in [5, 5.41) is 3.13. The molecule has 0 aliphatic heterocycles. The van der Waals surface area contributed by atoms with Gasteiger partial charge in [-0.2, -0.15) is 0 Å². The Morgan fingerprint density at radius 2 is 2.21 bits per heavy atom. The highest BCUT2D eigenvalue weighted by molar-refractivity contribution is 5.77. The predicted molar refractivity (Wildman–Crippen MR) is 74.8 cm³/mol. The molecule has 0 atom stereocenters. The molecule has 19 heavy (non-hydrogen) atoms. The van der Waals surface area contributed by atoms with Gasteiger partial charge in [-0.25, -0.2) is 9.37 Å². The van der Waals surface area contributed by atoms with Crippen LogP contribution in [0.2, 0.25) is 0 Å². The van der Waals surface area contributed by atoms with E-state index >= 15 is 0 Å². The number of halogens is 1. The largest absolute Gasteiger partial charge is 0.380 e. The SMILES string of the molecule is CC(C)CCOCCNc1nc2ccc(F)cc2[nH]1. The summed E-state index contributed by atoms with van der Waals surface area (Å²) in [5.74, 6) is 1.05. The van der Waals surface area contributed by atoms with Gasteiger partial charge in [0.1, 0.15) is 5.82 Å². The highest BCUT2D eigenvalue weighted by Gasteiger charge is 2.03. The molecule has 0 aliphatic carbocycles. The number of H-pyrrole nitrogens is 1. The lowest BCUT2D eigenvalue weighted by atomic mass is 10.1. The van der Waals surface area contributed by atoms with Crippen molar-refractivity contribution in [3.05, 3.63) is 24.0 Å². The number of hydrogen-bond donors (Lipinski definition) is 2. The second-order valence-corrected chi connectivity index (χ2v) is 4.97. The fourth-order valence-electron chi connectivity index (χ4n) is 1.73. The molecule has 0 amide bonds. The van der Waals surface area contributed by atoms with Crippen molar-refractivity contribution < 1.29 is 9.13 Å². The number of fused-ring (bicyclic) bond motifs is 1. The van der Waals surface area contributed by atoms with Gasteiger partial charge in [0.2, 0.25) is 5.95 Å². The van der Waals surface area contributed by atoms with Crippen molar-refractivity contribution in [2.24, 2.45) is 5.92 Å². The lowest BCUT2D eigenvalue weighted by Gasteiger charge is -2.06. The third-order valence-corrected chi connectivity index (χ3v) is 2.82. The van der Waals surface area contributed by atoms with Gasteiger partial charge in [0.25, 0.3) is 0 Å². The number of imidazole rings is 1. The number of nitrogens with one attached hydrogen (secondary N) is 2. The van der Waals surface area contributed by atoms with Crippen LogP contribution in [0.3, 0.4) is 0 Å². The van der Waals surface area contributed by atoms with Gasteiger partial charge < -0.3 is 15.0 Å². The van der Waals surface area contributed by atoms with E-state index in [9.17, 15) is 4.39 Å². The molecule has 2 aromatic rings. The van der Waals surface area contributed by atoms with Crippen LogP contribution in [0.4, 0.5) is 10.3 Å². The van der Waals surface area contributed by atoms with Crippen molar-refractivity contribution in [3.63, 3.8) is 0 Å². The van der Waals surface area contributed by atoms with Gasteiger partial charge in [0, 0.05) is 13.2 Å². The molecule has 1 aromatic carbocycles. The number of anilines is 1. The van der Waals surface area contributed by atoms with Crippen molar-refractivity contribution in [2.75, 3.05) is 25.1 Å². The van der Waals surface area contributed by atoms with Crippen molar-refractivity contribution in [3.8, 4) is 0 Å². The first-order valence-electron chi connectivity index (χ1n) is 6.62. The van der Waals surface area contributed by atoms with Crippen LogP contribution in [0.5, 0.6) is 0 Å². The summed E-state index contributed by atoms with van der Waals surface area (Å²) >= 11 is 0. The molecule has 0 bridgehead atoms. The first kappa shape index (κ1) is 13.8. The van der Waals surface area contributed by atoms with Crippen molar-refractivity contribution in [1.29, 1.82) is 0 Å². The Bertz CT molecular complexity index is 524. The zero-order chi connectivity index (χ0) is 13.7. The second-order valence-electron chi connectivity index (χ2n) is 4.97. The minimum atomic E-state index is -0.264. The molecule has 0 saturated heterocycles. The standard InChI is InChI=1S/C14H20FN3O/c1-10(2)5-7-19-8-6-16-14-17-12-4-3-11(15)9-13(12)18-14/h3-4,9-10H,5-8H2,1-2H3,(H2,16,17,18). The summed E-state index contributed by atoms with van der Waals surface area (Å²) in [5.41, 5.74) is 1.45. The summed E-state index contributed by atoms with van der Waals surface area (Å²) < 4.78 is 18.5. The third kappa shape index (κ3) is 4.21. The maximum Gasteiger partial charge on any atom is 0.201 e. The van der Waals surface area contributed by atoms with Crippen LogP contribution in [0, 0.1) is 11.7 Å². The van der Waals surface area contributed by atoms with Crippen LogP contribution in [0.1, 0.15) is 20.3 Å². The first-order valence-corrected chi connectivity index (χ1v) is 6.62. The van der Waals surface area contributed by atoms with Crippen LogP contribution in [0.15, 0.2) is 18.2 Å². The topological polar surface area (TPSA) is 49.9 Å². The normalized spacial score (nSPS) is 11.4. The highest BCUT2D eigenvalue weighted by atomic mass is 19.1. The second kappa shape index (κ2) is 6.52. The Hall–Kier alpha value is -1.62. The van der Waals surface area contributed by atoms with E-state index in [1.807, 2.05) is 0 Å². The van der Waals surface area contributed by atoms with Crippen LogP contribution in [0.25, 0.3) is 11.0 Å². The van der Waals surface area contributed by atoms with E-state index in [-0.39, 0.29) is 5.82 Å². The fraction of sp³-hybridized carbons (Fsp3) is 0.500. The smallest absolute Gasteiger partial charge is 0.201 e. The molecule has 1 aromatic heterocycles. The Morgan fingerprint density at radius 1 is 1.37 bits per heavy atom. The molecule has 0 fully saturated rings. The summed E-state index contributed by atoms with van der Waals surface area (Å²) in [7, 11) is 0. The number of aromatic amines is 1. The monoisotopic (exact) mass is 265 g/mol. The maximum absolute atomic E-state index is 13.0. The molecule has 0 spiro atoms. The summed E-state index contributed by atoms with van der Waals surface area (Å²) in [6.45, 7) is 6.45. The molecule has 0 aliphatic rings. The van der Waals surface area contributed by atoms with Gasteiger partial charge in [-0.3, -0.25) is 0 Å². The van der Waals surface area contributed by atoms with Crippen LogP contribution >= 0.6 is 0 Å². The molecule has 0 unspecified atom stereocenters. The van der Waals surface area contributed by atoms with Gasteiger partial charge in [0.15, 0.2) is 0 Å². The predicted octanol–water partition coefficient (Wildman–Crippen LogP) is 3.18. The van der Waals surface area contributed by atoms with E-state index < -0.39 is 0 Å². The fourth-order valence-corrected chi connectivity index (χ4v) is 1.73. The van der Waals surface area contributed by atoms with Gasteiger partial charge in [0.05, 0.1) is 17.6 Å². The lowest BCUT2D eigenvalue weighted by Crippen LogP contribution is -2.11. The van der Waals surface area contributed by atoms with Gasteiger partial charge in [-0.05, 0) is 30.5 Å². The zero-order valence-corrected chi connectivity index (χ0v) is 11.4. The molecule has 2 rings (SSSR count). The van der Waals surface area contributed by atoms with Crippen molar-refractivity contribution in [2.45, 2.75) is 20.3 Å². The molecule has 1 heterocycles. The average Bonchev–Trinajstić information content (AvgIpc) is 2.75. The molecule has 5 heteroatoms. The van der Waals surface area contributed by atoms with Gasteiger partial charge in [-0.1, -0.05) is 13.8 Å². The van der Waals surface area contributed by atoms with E-state index in [2.05, 4.69) is 29.1 Å². The minimum absolute atomic E-state index is 0.264. The molecular weight excluding hydrogens is 245 g/mol. The number of aromatic nitrogens is 2. The van der Waals surface area contributed by atoms with E-state index in [1.165, 1.54) is 12.1 Å². The number of benzene rings is 1. The van der Waals surface area contributed by atoms with E-state index in [0.29, 0.717) is 30.5 Å². The van der Waals surface area contributed by atoms with E-state index in [4.69, 9.17) is 4.74 Å². The zero-order valence-electron chi connectivity index (χ0n) is 11.4. The third-order valence-electron chi connectivity index (χ3n) is 2.82. The highest BCUT2D eigenvalue weighted by Crippen LogP contribution is 2.15. The molecule has 104 valence electrons. The quantitative estimate of drug-likeness (QED) is 0.756. The maximum atomic E-state index is 13.0. The molecule has 0 radical (unpaired) electrons. The summed E-state index contributed by atoms with van der Waals surface area (Å²) in [4.78, 5) is 7.34. The van der Waals surface area contributed by atoms with Crippen molar-refractivity contribution in [1.82, 2.24) is 9.97 Å². The molecule has 2 N–H and O–H groups in total. The number of ether oxygens (including phenoxy) is 1. The number of nitrogens with zero attached hydrogens (tertiary/aromatic N) is 1. The Morgan fingerprint density at radius 3 is 3.00 bits per heavy atom. The van der Waals surface area contributed by atoms with Crippen LogP contribution in [-0.2, 0) is 4.74 Å². The van der Waals surface area contributed by atoms with E-state index in [0.717, 1.165) is 18.5 Å². The first-order chi connectivity index (χ1) is 9.15. The molecule has 4 nitrogen and oxygen atoms in total. The Kier molecular flexibility index (Phi) is 4.74. The van der Waals surface area contributed by atoms with Crippen molar-refractivity contribution >= 4 is 17.0 Å². The van der Waals surface area contributed by atoms with Crippen LogP contribution in [-0.4, -0.2) is 29.7 Å². The number of hydrogen-bond acceptors (Lipinski definition) is 3. The molecule has 0 saturated carbocycles.